The van der Waals surface area contributed by atoms with Gasteiger partial charge in [-0.05, 0) is 20.5 Å². The average molecular weight is 241 g/mol. The predicted molar refractivity (Wildman–Crippen MR) is 51.3 cm³/mol. The third-order valence-electron chi connectivity index (χ3n) is 1.17. The largest absolute Gasteiger partial charge is 0.308 e. The van der Waals surface area contributed by atoms with Crippen LogP contribution in [0.2, 0.25) is 0 Å². The molecule has 9 heavy (non-hydrogen) atoms. The highest BCUT2D eigenvalue weighted by molar-refractivity contribution is 14.1. The first kappa shape index (κ1) is 9.69. The average Bonchev–Trinajstić information content (AvgIpc) is 1.63. The van der Waals surface area contributed by atoms with E-state index in [2.05, 4.69) is 48.5 Å². The van der Waals surface area contributed by atoms with Gasteiger partial charge in [0.2, 0.25) is 0 Å². The Bertz CT molecular complexity index is 63.9. The molecule has 0 saturated heterocycles. The lowest BCUT2D eigenvalue weighted by Gasteiger charge is -2.13. The van der Waals surface area contributed by atoms with E-state index in [0.717, 1.165) is 3.92 Å². The summed E-state index contributed by atoms with van der Waals surface area (Å²) in [7, 11) is 4.25. The fraction of sp³-hybridized carbons (Fsp3) is 1.00. The number of alkyl halides is 1. The number of hydrogen-bond donors (Lipinski definition) is 0. The molecule has 0 spiro atoms. The van der Waals surface area contributed by atoms with Crippen LogP contribution in [-0.4, -0.2) is 29.5 Å². The molecule has 0 rings (SSSR count). The molecule has 0 aromatic heterocycles. The van der Waals surface area contributed by atoms with Gasteiger partial charge in [0.1, 0.15) is 0 Å². The zero-order valence-electron chi connectivity index (χ0n) is 6.52. The molecule has 0 aliphatic rings. The summed E-state index contributed by atoms with van der Waals surface area (Å²) in [5, 5.41) is 0. The summed E-state index contributed by atoms with van der Waals surface area (Å²) in [6.45, 7) is 3.45. The highest BCUT2D eigenvalue weighted by atomic mass is 127. The van der Waals surface area contributed by atoms with Gasteiger partial charge in [0.05, 0.1) is 0 Å². The highest BCUT2D eigenvalue weighted by Gasteiger charge is 2.01. The molecule has 0 aliphatic carbocycles. The predicted octanol–water partition coefficient (Wildman–Crippen LogP) is 2.15. The molecular formula is C7H16IN. The molecule has 1 atom stereocenters. The zero-order chi connectivity index (χ0) is 7.28. The Kier molecular flexibility index (Phi) is 5.89. The Morgan fingerprint density at radius 2 is 2.00 bits per heavy atom. The van der Waals surface area contributed by atoms with Gasteiger partial charge in [-0.15, -0.1) is 0 Å². The van der Waals surface area contributed by atoms with Crippen molar-refractivity contribution < 1.29 is 0 Å². The van der Waals surface area contributed by atoms with Gasteiger partial charge < -0.3 is 4.90 Å². The molecule has 1 nitrogen and oxygen atoms in total. The van der Waals surface area contributed by atoms with Crippen molar-refractivity contribution in [3.63, 3.8) is 0 Å². The van der Waals surface area contributed by atoms with E-state index in [9.17, 15) is 0 Å². The van der Waals surface area contributed by atoms with Crippen LogP contribution in [0, 0.1) is 0 Å². The first-order valence-corrected chi connectivity index (χ1v) is 4.70. The second kappa shape index (κ2) is 5.47. The molecule has 0 bridgehead atoms. The second-order valence-corrected chi connectivity index (χ2v) is 4.41. The lowest BCUT2D eigenvalue weighted by molar-refractivity contribution is 0.405. The van der Waals surface area contributed by atoms with Crippen LogP contribution in [0.1, 0.15) is 19.8 Å². The van der Waals surface area contributed by atoms with Gasteiger partial charge in [-0.1, -0.05) is 35.9 Å². The maximum absolute atomic E-state index is 2.52. The van der Waals surface area contributed by atoms with E-state index < -0.39 is 0 Å². The van der Waals surface area contributed by atoms with E-state index in [1.807, 2.05) is 0 Å². The van der Waals surface area contributed by atoms with Crippen molar-refractivity contribution in [2.45, 2.75) is 23.7 Å². The van der Waals surface area contributed by atoms with Gasteiger partial charge in [0, 0.05) is 10.5 Å². The van der Waals surface area contributed by atoms with Crippen molar-refractivity contribution in [3.05, 3.63) is 0 Å². The standard InChI is InChI=1S/C7H16IN/c1-4-5-7(8)6-9(2)3/h7H,4-6H2,1-3H3. The van der Waals surface area contributed by atoms with Crippen LogP contribution >= 0.6 is 22.6 Å². The lowest BCUT2D eigenvalue weighted by Crippen LogP contribution is -2.21. The van der Waals surface area contributed by atoms with Crippen LogP contribution < -0.4 is 0 Å². The minimum Gasteiger partial charge on any atom is -0.308 e. The molecule has 0 aromatic carbocycles. The lowest BCUT2D eigenvalue weighted by atomic mass is 10.2. The molecule has 2 heteroatoms. The van der Waals surface area contributed by atoms with Gasteiger partial charge in [-0.2, -0.15) is 0 Å². The van der Waals surface area contributed by atoms with Crippen molar-refractivity contribution in [2.24, 2.45) is 0 Å². The molecule has 0 radical (unpaired) electrons. The third-order valence-corrected chi connectivity index (χ3v) is 2.18. The SMILES string of the molecule is CCCC(I)CN(C)C. The summed E-state index contributed by atoms with van der Waals surface area (Å²) in [4.78, 5) is 2.24. The molecule has 0 amide bonds. The highest BCUT2D eigenvalue weighted by Crippen LogP contribution is 2.08. The van der Waals surface area contributed by atoms with Crippen molar-refractivity contribution in [1.29, 1.82) is 0 Å². The first-order valence-electron chi connectivity index (χ1n) is 3.45. The molecule has 56 valence electrons. The minimum absolute atomic E-state index is 0.836. The van der Waals surface area contributed by atoms with Gasteiger partial charge in [-0.3, -0.25) is 0 Å². The van der Waals surface area contributed by atoms with Gasteiger partial charge >= 0.3 is 0 Å². The van der Waals surface area contributed by atoms with Crippen molar-refractivity contribution in [1.82, 2.24) is 4.90 Å². The van der Waals surface area contributed by atoms with Crippen molar-refractivity contribution >= 4 is 22.6 Å². The van der Waals surface area contributed by atoms with Crippen LogP contribution in [0.5, 0.6) is 0 Å². The number of nitrogens with zero attached hydrogens (tertiary/aromatic N) is 1. The van der Waals surface area contributed by atoms with Crippen LogP contribution in [0.25, 0.3) is 0 Å². The molecule has 0 aromatic rings. The fourth-order valence-electron chi connectivity index (χ4n) is 0.801. The summed E-state index contributed by atoms with van der Waals surface area (Å²) in [5.41, 5.74) is 0. The topological polar surface area (TPSA) is 3.24 Å². The quantitative estimate of drug-likeness (QED) is 0.538. The van der Waals surface area contributed by atoms with E-state index in [1.54, 1.807) is 0 Å². The Balaban J connectivity index is 3.15. The summed E-state index contributed by atoms with van der Waals surface area (Å²) in [6, 6.07) is 0. The Labute approximate surface area is 72.0 Å². The van der Waals surface area contributed by atoms with Crippen LogP contribution in [-0.2, 0) is 0 Å². The molecule has 0 saturated carbocycles. The van der Waals surface area contributed by atoms with Gasteiger partial charge in [0.15, 0.2) is 0 Å². The minimum atomic E-state index is 0.836. The van der Waals surface area contributed by atoms with Crippen molar-refractivity contribution in [2.75, 3.05) is 20.6 Å². The Hall–Kier alpha value is 0.690. The van der Waals surface area contributed by atoms with Crippen LogP contribution in [0.15, 0.2) is 0 Å². The number of hydrogen-bond acceptors (Lipinski definition) is 1. The molecule has 0 heterocycles. The molecule has 0 aliphatic heterocycles. The zero-order valence-corrected chi connectivity index (χ0v) is 8.68. The van der Waals surface area contributed by atoms with E-state index >= 15 is 0 Å². The van der Waals surface area contributed by atoms with Crippen molar-refractivity contribution in [3.8, 4) is 0 Å². The van der Waals surface area contributed by atoms with E-state index in [-0.39, 0.29) is 0 Å². The smallest absolute Gasteiger partial charge is 0.0237 e. The molecule has 1 unspecified atom stereocenters. The third kappa shape index (κ3) is 6.58. The van der Waals surface area contributed by atoms with Crippen LogP contribution in [0.3, 0.4) is 0 Å². The number of halogens is 1. The van der Waals surface area contributed by atoms with Gasteiger partial charge in [0.25, 0.3) is 0 Å². The molecule has 0 fully saturated rings. The first-order chi connectivity index (χ1) is 4.16. The van der Waals surface area contributed by atoms with E-state index in [1.165, 1.54) is 19.4 Å². The van der Waals surface area contributed by atoms with E-state index in [4.69, 9.17) is 0 Å². The second-order valence-electron chi connectivity index (χ2n) is 2.65. The molecule has 0 N–H and O–H groups in total. The fourth-order valence-corrected chi connectivity index (χ4v) is 2.21. The summed E-state index contributed by atoms with van der Waals surface area (Å²) in [5.74, 6) is 0. The number of rotatable bonds is 4. The summed E-state index contributed by atoms with van der Waals surface area (Å²) >= 11 is 2.52. The van der Waals surface area contributed by atoms with Crippen LogP contribution in [0.4, 0.5) is 0 Å². The molecular weight excluding hydrogens is 225 g/mol. The monoisotopic (exact) mass is 241 g/mol. The summed E-state index contributed by atoms with van der Waals surface area (Å²) < 4.78 is 0.836. The Morgan fingerprint density at radius 1 is 1.44 bits per heavy atom. The maximum Gasteiger partial charge on any atom is 0.0237 e. The maximum atomic E-state index is 2.52. The summed E-state index contributed by atoms with van der Waals surface area (Å²) in [6.07, 6.45) is 2.65. The normalized spacial score (nSPS) is 14.3. The van der Waals surface area contributed by atoms with E-state index in [0.29, 0.717) is 0 Å². The van der Waals surface area contributed by atoms with Gasteiger partial charge in [-0.25, -0.2) is 0 Å². The Morgan fingerprint density at radius 3 is 2.33 bits per heavy atom.